The van der Waals surface area contributed by atoms with Gasteiger partial charge >= 0.3 is 0 Å². The lowest BCUT2D eigenvalue weighted by Gasteiger charge is -2.11. The van der Waals surface area contributed by atoms with Crippen molar-refractivity contribution in [3.63, 3.8) is 0 Å². The van der Waals surface area contributed by atoms with Crippen LogP contribution >= 0.6 is 15.9 Å². The normalized spacial score (nSPS) is 11.7. The molecule has 4 aromatic rings. The van der Waals surface area contributed by atoms with Crippen LogP contribution in [0.4, 0.5) is 15.9 Å². The minimum atomic E-state index is -4.27. The predicted octanol–water partition coefficient (Wildman–Crippen LogP) is 4.29. The van der Waals surface area contributed by atoms with Gasteiger partial charge < -0.3 is 5.32 Å². The predicted molar refractivity (Wildman–Crippen MR) is 106 cm³/mol. The quantitative estimate of drug-likeness (QED) is 0.439. The number of anilines is 2. The maximum absolute atomic E-state index is 14.2. The smallest absolute Gasteiger partial charge is 0.294 e. The fourth-order valence-corrected chi connectivity index (χ4v) is 3.52. The molecule has 0 saturated carbocycles. The summed E-state index contributed by atoms with van der Waals surface area (Å²) in [5, 5.41) is 7.35. The molecule has 0 bridgehead atoms. The van der Waals surface area contributed by atoms with Crippen LogP contribution in [0.5, 0.6) is 0 Å². The van der Waals surface area contributed by atoms with Gasteiger partial charge in [0.2, 0.25) is 0 Å². The van der Waals surface area contributed by atoms with Gasteiger partial charge in [-0.25, -0.2) is 9.37 Å². The molecule has 2 aromatic carbocycles. The third-order valence-corrected chi connectivity index (χ3v) is 5.43. The molecule has 0 atom stereocenters. The Morgan fingerprint density at radius 2 is 1.82 bits per heavy atom. The summed E-state index contributed by atoms with van der Waals surface area (Å²) in [6.45, 7) is 0. The SMILES string of the molecule is O=S(=O)(O)c1ccc(Nc2cc(-c3ccccc3F)nc3c(Br)cnn23)cc1. The highest BCUT2D eigenvalue weighted by Crippen LogP contribution is 2.29. The molecule has 0 radical (unpaired) electrons. The summed E-state index contributed by atoms with van der Waals surface area (Å²) in [4.78, 5) is 4.26. The molecule has 0 aliphatic carbocycles. The van der Waals surface area contributed by atoms with Crippen LogP contribution in [0.3, 0.4) is 0 Å². The number of rotatable bonds is 4. The van der Waals surface area contributed by atoms with Crippen LogP contribution in [0.1, 0.15) is 0 Å². The van der Waals surface area contributed by atoms with Crippen LogP contribution in [-0.4, -0.2) is 27.6 Å². The van der Waals surface area contributed by atoms with Gasteiger partial charge in [0.15, 0.2) is 5.65 Å². The summed E-state index contributed by atoms with van der Waals surface area (Å²) in [6.07, 6.45) is 1.57. The lowest BCUT2D eigenvalue weighted by molar-refractivity contribution is 0.483. The van der Waals surface area contributed by atoms with Gasteiger partial charge in [-0.05, 0) is 52.3 Å². The van der Waals surface area contributed by atoms with E-state index >= 15 is 0 Å². The van der Waals surface area contributed by atoms with Crippen molar-refractivity contribution in [1.82, 2.24) is 14.6 Å². The molecule has 28 heavy (non-hydrogen) atoms. The third-order valence-electron chi connectivity index (χ3n) is 4.00. The lowest BCUT2D eigenvalue weighted by Crippen LogP contribution is -2.03. The largest absolute Gasteiger partial charge is 0.340 e. The van der Waals surface area contributed by atoms with E-state index < -0.39 is 15.9 Å². The van der Waals surface area contributed by atoms with E-state index in [1.54, 1.807) is 30.5 Å². The molecule has 0 fully saturated rings. The number of aromatic nitrogens is 3. The van der Waals surface area contributed by atoms with Gasteiger partial charge in [-0.1, -0.05) is 12.1 Å². The minimum absolute atomic E-state index is 0.216. The number of hydrogen-bond acceptors (Lipinski definition) is 5. The van der Waals surface area contributed by atoms with Crippen LogP contribution in [0.2, 0.25) is 0 Å². The topological polar surface area (TPSA) is 96.6 Å². The molecular formula is C18H12BrFN4O3S. The summed E-state index contributed by atoms with van der Waals surface area (Å²) in [5.41, 5.74) is 1.77. The molecule has 0 saturated heterocycles. The molecule has 0 aliphatic rings. The van der Waals surface area contributed by atoms with Crippen molar-refractivity contribution in [2.24, 2.45) is 0 Å². The van der Waals surface area contributed by atoms with E-state index in [0.717, 1.165) is 0 Å². The van der Waals surface area contributed by atoms with Crippen LogP contribution in [0.15, 0.2) is 70.2 Å². The molecule has 7 nitrogen and oxygen atoms in total. The molecule has 0 unspecified atom stereocenters. The Balaban J connectivity index is 1.81. The van der Waals surface area contributed by atoms with Gasteiger partial charge in [0.1, 0.15) is 11.6 Å². The van der Waals surface area contributed by atoms with E-state index in [1.807, 2.05) is 0 Å². The van der Waals surface area contributed by atoms with E-state index in [4.69, 9.17) is 4.55 Å². The standard InChI is InChI=1S/C18H12BrFN4O3S/c19-14-10-21-24-17(22-11-5-7-12(8-6-11)28(25,26)27)9-16(23-18(14)24)13-3-1-2-4-15(13)20/h1-10,22H,(H,25,26,27). The summed E-state index contributed by atoms with van der Waals surface area (Å²) < 4.78 is 47.9. The minimum Gasteiger partial charge on any atom is -0.340 e. The first kappa shape index (κ1) is 18.5. The zero-order chi connectivity index (χ0) is 19.9. The highest BCUT2D eigenvalue weighted by molar-refractivity contribution is 9.10. The van der Waals surface area contributed by atoms with Gasteiger partial charge in [0.25, 0.3) is 10.1 Å². The Morgan fingerprint density at radius 3 is 2.50 bits per heavy atom. The highest BCUT2D eigenvalue weighted by Gasteiger charge is 2.14. The first-order valence-corrected chi connectivity index (χ1v) is 10.2. The number of benzene rings is 2. The van der Waals surface area contributed by atoms with Crippen LogP contribution in [-0.2, 0) is 10.1 Å². The second-order valence-corrected chi connectivity index (χ2v) is 8.13. The molecular weight excluding hydrogens is 451 g/mol. The molecule has 0 spiro atoms. The lowest BCUT2D eigenvalue weighted by atomic mass is 10.1. The van der Waals surface area contributed by atoms with Crippen molar-refractivity contribution in [3.05, 3.63) is 71.1 Å². The summed E-state index contributed by atoms with van der Waals surface area (Å²) in [7, 11) is -4.27. The van der Waals surface area contributed by atoms with E-state index in [2.05, 4.69) is 31.3 Å². The number of nitrogens with one attached hydrogen (secondary N) is 1. The summed E-state index contributed by atoms with van der Waals surface area (Å²) in [6, 6.07) is 13.5. The molecule has 142 valence electrons. The van der Waals surface area contributed by atoms with Crippen LogP contribution < -0.4 is 5.32 Å². The van der Waals surface area contributed by atoms with Gasteiger partial charge in [0.05, 0.1) is 21.3 Å². The number of halogens is 2. The Labute approximate surface area is 167 Å². The van der Waals surface area contributed by atoms with Gasteiger partial charge in [-0.3, -0.25) is 4.55 Å². The molecule has 0 amide bonds. The maximum atomic E-state index is 14.2. The zero-order valence-corrected chi connectivity index (χ0v) is 16.4. The number of hydrogen-bond donors (Lipinski definition) is 2. The van der Waals surface area contributed by atoms with E-state index in [9.17, 15) is 12.8 Å². The second kappa shape index (κ2) is 6.97. The highest BCUT2D eigenvalue weighted by atomic mass is 79.9. The van der Waals surface area contributed by atoms with Gasteiger partial charge in [0, 0.05) is 17.3 Å². The van der Waals surface area contributed by atoms with Crippen molar-refractivity contribution < 1.29 is 17.4 Å². The Morgan fingerprint density at radius 1 is 1.11 bits per heavy atom. The molecule has 0 aliphatic heterocycles. The first-order chi connectivity index (χ1) is 13.3. The average molecular weight is 463 g/mol. The van der Waals surface area contributed by atoms with Crippen molar-refractivity contribution in [1.29, 1.82) is 0 Å². The molecule has 2 aromatic heterocycles. The van der Waals surface area contributed by atoms with Gasteiger partial charge in [-0.2, -0.15) is 18.0 Å². The fourth-order valence-electron chi connectivity index (χ4n) is 2.69. The van der Waals surface area contributed by atoms with Crippen molar-refractivity contribution in [2.75, 3.05) is 5.32 Å². The van der Waals surface area contributed by atoms with E-state index in [1.165, 1.54) is 34.8 Å². The van der Waals surface area contributed by atoms with Crippen LogP contribution in [0, 0.1) is 5.82 Å². The molecule has 4 rings (SSSR count). The maximum Gasteiger partial charge on any atom is 0.294 e. The van der Waals surface area contributed by atoms with Crippen molar-refractivity contribution >= 4 is 43.2 Å². The van der Waals surface area contributed by atoms with Crippen molar-refractivity contribution in [2.45, 2.75) is 4.90 Å². The van der Waals surface area contributed by atoms with E-state index in [0.29, 0.717) is 32.9 Å². The monoisotopic (exact) mass is 462 g/mol. The summed E-state index contributed by atoms with van der Waals surface area (Å²) >= 11 is 3.38. The molecule has 10 heteroatoms. The van der Waals surface area contributed by atoms with Gasteiger partial charge in [-0.15, -0.1) is 0 Å². The van der Waals surface area contributed by atoms with Crippen LogP contribution in [0.25, 0.3) is 16.9 Å². The zero-order valence-electron chi connectivity index (χ0n) is 14.0. The Bertz CT molecular complexity index is 1290. The molecule has 2 heterocycles. The number of nitrogens with zero attached hydrogens (tertiary/aromatic N) is 3. The summed E-state index contributed by atoms with van der Waals surface area (Å²) in [5.74, 6) is 0.0898. The van der Waals surface area contributed by atoms with E-state index in [-0.39, 0.29) is 4.90 Å². The second-order valence-electron chi connectivity index (χ2n) is 5.86. The van der Waals surface area contributed by atoms with Crippen molar-refractivity contribution in [3.8, 4) is 11.3 Å². The average Bonchev–Trinajstić information content (AvgIpc) is 3.03. The number of fused-ring (bicyclic) bond motifs is 1. The Hall–Kier alpha value is -2.82. The fraction of sp³-hybridized carbons (Fsp3) is 0. The Kier molecular flexibility index (Phi) is 4.61. The molecule has 2 N–H and O–H groups in total. The first-order valence-electron chi connectivity index (χ1n) is 7.97. The third kappa shape index (κ3) is 3.49.